The van der Waals surface area contributed by atoms with Gasteiger partial charge in [-0.3, -0.25) is 9.78 Å². The topological polar surface area (TPSA) is 57.3 Å². The predicted molar refractivity (Wildman–Crippen MR) is 89.4 cm³/mol. The Hall–Kier alpha value is -2.40. The van der Waals surface area contributed by atoms with E-state index in [0.717, 1.165) is 24.3 Å². The molecule has 0 radical (unpaired) electrons. The molecular weight excluding hydrogens is 288 g/mol. The monoisotopic (exact) mass is 308 g/mol. The van der Waals surface area contributed by atoms with Gasteiger partial charge in [-0.1, -0.05) is 30.3 Å². The van der Waals surface area contributed by atoms with Crippen LogP contribution in [-0.2, 0) is 6.54 Å². The molecule has 3 fully saturated rings. The molecule has 5 nitrogen and oxygen atoms in total. The van der Waals surface area contributed by atoms with Crippen molar-refractivity contribution in [1.82, 2.24) is 15.6 Å². The summed E-state index contributed by atoms with van der Waals surface area (Å²) in [5.74, 6) is -0.0801. The van der Waals surface area contributed by atoms with Crippen LogP contribution < -0.4 is 15.5 Å². The van der Waals surface area contributed by atoms with Gasteiger partial charge >= 0.3 is 0 Å². The summed E-state index contributed by atoms with van der Waals surface area (Å²) < 4.78 is 0. The van der Waals surface area contributed by atoms with E-state index in [1.54, 1.807) is 6.20 Å². The lowest BCUT2D eigenvalue weighted by molar-refractivity contribution is 0.0950. The van der Waals surface area contributed by atoms with E-state index in [2.05, 4.69) is 20.5 Å². The minimum absolute atomic E-state index is 0.0801. The number of fused-ring (bicyclic) bond motifs is 2. The molecular formula is C18H20N4O. The van der Waals surface area contributed by atoms with E-state index in [9.17, 15) is 4.79 Å². The van der Waals surface area contributed by atoms with E-state index < -0.39 is 0 Å². The molecule has 1 aromatic carbocycles. The van der Waals surface area contributed by atoms with E-state index in [4.69, 9.17) is 0 Å². The van der Waals surface area contributed by atoms with Crippen LogP contribution in [0.25, 0.3) is 0 Å². The first-order chi connectivity index (χ1) is 11.3. The summed E-state index contributed by atoms with van der Waals surface area (Å²) in [6, 6.07) is 13.0. The number of hydrogen-bond acceptors (Lipinski definition) is 4. The van der Waals surface area contributed by atoms with Crippen molar-refractivity contribution < 1.29 is 4.79 Å². The third-order valence-corrected chi connectivity index (χ3v) is 4.57. The second-order valence-corrected chi connectivity index (χ2v) is 6.30. The zero-order chi connectivity index (χ0) is 15.6. The molecule has 0 saturated carbocycles. The zero-order valence-electron chi connectivity index (χ0n) is 12.9. The first kappa shape index (κ1) is 14.2. The van der Waals surface area contributed by atoms with E-state index >= 15 is 0 Å². The number of hydrogen-bond donors (Lipinski definition) is 2. The number of carbonyl (C=O) groups excluding carboxylic acids is 1. The van der Waals surface area contributed by atoms with E-state index in [0.29, 0.717) is 24.2 Å². The average Bonchev–Trinajstić information content (AvgIpc) is 2.60. The van der Waals surface area contributed by atoms with Crippen LogP contribution in [0.2, 0.25) is 0 Å². The number of anilines is 1. The van der Waals surface area contributed by atoms with Gasteiger partial charge in [-0.25, -0.2) is 0 Å². The van der Waals surface area contributed by atoms with E-state index in [1.807, 2.05) is 42.6 Å². The van der Waals surface area contributed by atoms with Crippen molar-refractivity contribution in [2.45, 2.75) is 25.0 Å². The van der Waals surface area contributed by atoms with E-state index in [1.165, 1.54) is 6.42 Å². The number of benzene rings is 1. The number of piperidine rings is 1. The number of aromatic nitrogens is 1. The number of piperazine rings is 1. The standard InChI is InChI=1S/C18H20N4O/c23-18(20-8-13-4-2-1-3-5-13)14-6-17(10-19-9-14)22-11-15-7-16(12-22)21-15/h1-6,9-10,15-16,21H,7-8,11-12H2,(H,20,23). The summed E-state index contributed by atoms with van der Waals surface area (Å²) in [6.45, 7) is 2.52. The Bertz CT molecular complexity index is 687. The number of nitrogens with zero attached hydrogens (tertiary/aromatic N) is 2. The number of carbonyl (C=O) groups is 1. The summed E-state index contributed by atoms with van der Waals surface area (Å²) in [7, 11) is 0. The molecule has 23 heavy (non-hydrogen) atoms. The van der Waals surface area contributed by atoms with Gasteiger partial charge in [-0.2, -0.15) is 0 Å². The highest BCUT2D eigenvalue weighted by Gasteiger charge is 2.36. The van der Waals surface area contributed by atoms with Gasteiger partial charge in [0, 0.05) is 37.9 Å². The Balaban J connectivity index is 1.42. The molecule has 2 aromatic rings. The van der Waals surface area contributed by atoms with Gasteiger partial charge in [0.15, 0.2) is 0 Å². The summed E-state index contributed by atoms with van der Waals surface area (Å²) in [5, 5.41) is 6.47. The maximum absolute atomic E-state index is 12.3. The SMILES string of the molecule is O=C(NCc1ccccc1)c1cncc(N2CC3CC(C2)N3)c1. The second kappa shape index (κ2) is 6.01. The first-order valence-electron chi connectivity index (χ1n) is 8.06. The normalized spacial score (nSPS) is 22.3. The summed E-state index contributed by atoms with van der Waals surface area (Å²) in [6.07, 6.45) is 4.74. The molecule has 2 bridgehead atoms. The third kappa shape index (κ3) is 3.05. The lowest BCUT2D eigenvalue weighted by Gasteiger charge is -2.49. The molecule has 1 aromatic heterocycles. The fraction of sp³-hybridized carbons (Fsp3) is 0.333. The van der Waals surface area contributed by atoms with Crippen LogP contribution >= 0.6 is 0 Å². The van der Waals surface area contributed by atoms with Gasteiger partial charge in [-0.15, -0.1) is 0 Å². The molecule has 2 unspecified atom stereocenters. The van der Waals surface area contributed by atoms with Crippen molar-refractivity contribution in [1.29, 1.82) is 0 Å². The minimum atomic E-state index is -0.0801. The Labute approximate surface area is 135 Å². The fourth-order valence-electron chi connectivity index (χ4n) is 3.33. The van der Waals surface area contributed by atoms with Crippen LogP contribution in [0.3, 0.4) is 0 Å². The molecule has 0 aliphatic carbocycles. The average molecular weight is 308 g/mol. The lowest BCUT2D eigenvalue weighted by Crippen LogP contribution is -2.67. The molecule has 5 rings (SSSR count). The number of pyridine rings is 1. The van der Waals surface area contributed by atoms with Gasteiger partial charge in [0.2, 0.25) is 0 Å². The number of amides is 1. The van der Waals surface area contributed by atoms with Crippen molar-refractivity contribution in [3.63, 3.8) is 0 Å². The Morgan fingerprint density at radius 3 is 2.70 bits per heavy atom. The third-order valence-electron chi connectivity index (χ3n) is 4.57. The predicted octanol–water partition coefficient (Wildman–Crippen LogP) is 1.56. The van der Waals surface area contributed by atoms with Gasteiger partial charge in [-0.05, 0) is 18.1 Å². The summed E-state index contributed by atoms with van der Waals surface area (Å²) in [5.41, 5.74) is 2.74. The molecule has 2 N–H and O–H groups in total. The van der Waals surface area contributed by atoms with Crippen LogP contribution in [-0.4, -0.2) is 36.1 Å². The highest BCUT2D eigenvalue weighted by Crippen LogP contribution is 2.26. The quantitative estimate of drug-likeness (QED) is 0.900. The molecule has 118 valence electrons. The second-order valence-electron chi connectivity index (χ2n) is 6.30. The van der Waals surface area contributed by atoms with E-state index in [-0.39, 0.29) is 5.91 Å². The van der Waals surface area contributed by atoms with Crippen LogP contribution in [0, 0.1) is 0 Å². The molecule has 5 heteroatoms. The lowest BCUT2D eigenvalue weighted by atomic mass is 9.91. The fourth-order valence-corrected chi connectivity index (χ4v) is 3.33. The zero-order valence-corrected chi connectivity index (χ0v) is 12.9. The molecule has 2 atom stereocenters. The van der Waals surface area contributed by atoms with Gasteiger partial charge in [0.25, 0.3) is 5.91 Å². The molecule has 3 saturated heterocycles. The largest absolute Gasteiger partial charge is 0.367 e. The number of nitrogens with one attached hydrogen (secondary N) is 2. The Morgan fingerprint density at radius 2 is 1.96 bits per heavy atom. The highest BCUT2D eigenvalue weighted by molar-refractivity contribution is 5.94. The maximum Gasteiger partial charge on any atom is 0.253 e. The molecule has 1 amide bonds. The van der Waals surface area contributed by atoms with Crippen LogP contribution in [0.4, 0.5) is 5.69 Å². The minimum Gasteiger partial charge on any atom is -0.367 e. The molecule has 0 spiro atoms. The molecule has 3 aliphatic rings. The van der Waals surface area contributed by atoms with Gasteiger partial charge in [0.1, 0.15) is 0 Å². The smallest absolute Gasteiger partial charge is 0.253 e. The van der Waals surface area contributed by atoms with Gasteiger partial charge < -0.3 is 15.5 Å². The highest BCUT2D eigenvalue weighted by atomic mass is 16.1. The molecule has 3 aliphatic heterocycles. The maximum atomic E-state index is 12.3. The van der Waals surface area contributed by atoms with Crippen molar-refractivity contribution in [3.05, 3.63) is 59.9 Å². The summed E-state index contributed by atoms with van der Waals surface area (Å²) in [4.78, 5) is 18.9. The van der Waals surface area contributed by atoms with Crippen LogP contribution in [0.5, 0.6) is 0 Å². The molecule has 4 heterocycles. The first-order valence-corrected chi connectivity index (χ1v) is 8.06. The summed E-state index contributed by atoms with van der Waals surface area (Å²) >= 11 is 0. The van der Waals surface area contributed by atoms with Crippen molar-refractivity contribution in [2.75, 3.05) is 18.0 Å². The Kier molecular flexibility index (Phi) is 3.71. The number of rotatable bonds is 4. The van der Waals surface area contributed by atoms with Crippen molar-refractivity contribution >= 4 is 11.6 Å². The van der Waals surface area contributed by atoms with Gasteiger partial charge in [0.05, 0.1) is 17.4 Å². The van der Waals surface area contributed by atoms with Crippen molar-refractivity contribution in [3.8, 4) is 0 Å². The van der Waals surface area contributed by atoms with Crippen molar-refractivity contribution in [2.24, 2.45) is 0 Å². The van der Waals surface area contributed by atoms with Crippen LogP contribution in [0.15, 0.2) is 48.8 Å². The Morgan fingerprint density at radius 1 is 1.22 bits per heavy atom. The van der Waals surface area contributed by atoms with Crippen LogP contribution in [0.1, 0.15) is 22.3 Å².